The van der Waals surface area contributed by atoms with E-state index in [4.69, 9.17) is 14.2 Å². The fourth-order valence-corrected chi connectivity index (χ4v) is 5.82. The highest BCUT2D eigenvalue weighted by Crippen LogP contribution is 2.43. The number of hydrogen-bond donors (Lipinski definition) is 0. The van der Waals surface area contributed by atoms with Crippen LogP contribution in [-0.4, -0.2) is 75.6 Å². The summed E-state index contributed by atoms with van der Waals surface area (Å²) in [5.41, 5.74) is 1.08. The molecule has 2 aliphatic heterocycles. The summed E-state index contributed by atoms with van der Waals surface area (Å²) in [5.74, 6) is -1.86. The number of nitrogens with zero attached hydrogens (tertiary/aromatic N) is 2. The molecule has 2 aliphatic rings. The Morgan fingerprint density at radius 1 is 0.951 bits per heavy atom. The summed E-state index contributed by atoms with van der Waals surface area (Å²) in [4.78, 5) is 67.0. The van der Waals surface area contributed by atoms with Crippen molar-refractivity contribution < 1.29 is 38.2 Å². The highest BCUT2D eigenvalue weighted by atomic mass is 32.2. The van der Waals surface area contributed by atoms with Crippen molar-refractivity contribution in [2.24, 2.45) is 0 Å². The number of imide groups is 1. The van der Waals surface area contributed by atoms with E-state index in [1.54, 1.807) is 75.4 Å². The number of carbonyl (C=O) groups is 5. The first kappa shape index (κ1) is 29.9. The van der Waals surface area contributed by atoms with E-state index in [9.17, 15) is 24.0 Å². The Hall–Kier alpha value is -4.12. The summed E-state index contributed by atoms with van der Waals surface area (Å²) in [6.45, 7) is 5.96. The van der Waals surface area contributed by atoms with Crippen LogP contribution in [0.25, 0.3) is 0 Å². The number of amides is 3. The molecule has 0 spiro atoms. The van der Waals surface area contributed by atoms with E-state index >= 15 is 0 Å². The Kier molecular flexibility index (Phi) is 9.17. The molecule has 1 fully saturated rings. The summed E-state index contributed by atoms with van der Waals surface area (Å²) >= 11 is 1.32. The molecule has 2 aromatic rings. The third-order valence-corrected chi connectivity index (χ3v) is 7.60. The Balaban J connectivity index is 1.60. The molecule has 2 atom stereocenters. The van der Waals surface area contributed by atoms with Gasteiger partial charge in [-0.25, -0.2) is 14.5 Å². The van der Waals surface area contributed by atoms with E-state index in [0.29, 0.717) is 28.1 Å². The fraction of sp³-hybridized carbons (Fsp3) is 0.367. The second kappa shape index (κ2) is 12.6. The minimum absolute atomic E-state index is 0.0928. The smallest absolute Gasteiger partial charge is 0.417 e. The number of fused-ring (bicyclic) bond motifs is 1. The van der Waals surface area contributed by atoms with Gasteiger partial charge in [0.2, 0.25) is 5.91 Å². The molecule has 10 nitrogen and oxygen atoms in total. The summed E-state index contributed by atoms with van der Waals surface area (Å²) < 4.78 is 16.3. The molecule has 0 saturated carbocycles. The topological polar surface area (TPSA) is 120 Å². The van der Waals surface area contributed by atoms with Crippen molar-refractivity contribution in [2.75, 3.05) is 19.0 Å². The third kappa shape index (κ3) is 7.15. The van der Waals surface area contributed by atoms with Gasteiger partial charge in [-0.15, -0.1) is 11.8 Å². The lowest BCUT2D eigenvalue weighted by atomic mass is 10.0. The minimum Gasteiger partial charge on any atom is -0.461 e. The van der Waals surface area contributed by atoms with Gasteiger partial charge in [-0.3, -0.25) is 19.3 Å². The summed E-state index contributed by atoms with van der Waals surface area (Å²) in [6, 6.07) is 16.2. The molecule has 1 saturated heterocycles. The molecule has 4 rings (SSSR count). The third-order valence-electron chi connectivity index (χ3n) is 6.28. The maximum Gasteiger partial charge on any atom is 0.417 e. The van der Waals surface area contributed by atoms with E-state index in [2.05, 4.69) is 0 Å². The first-order chi connectivity index (χ1) is 19.5. The number of hydrogen-bond acceptors (Lipinski definition) is 9. The van der Waals surface area contributed by atoms with Gasteiger partial charge in [0, 0.05) is 18.2 Å². The van der Waals surface area contributed by atoms with Crippen LogP contribution in [-0.2, 0) is 35.0 Å². The number of ether oxygens (including phenoxy) is 3. The zero-order valence-corrected chi connectivity index (χ0v) is 24.1. The number of β-lactam (4-membered cyclic amide) rings is 1. The Labute approximate surface area is 242 Å². The van der Waals surface area contributed by atoms with Crippen LogP contribution in [0.2, 0.25) is 0 Å². The van der Waals surface area contributed by atoms with Gasteiger partial charge in [0.15, 0.2) is 6.04 Å². The van der Waals surface area contributed by atoms with Gasteiger partial charge in [-0.2, -0.15) is 0 Å². The number of thioether (sulfide) groups is 1. The van der Waals surface area contributed by atoms with Crippen LogP contribution >= 0.6 is 11.8 Å². The van der Waals surface area contributed by atoms with Crippen LogP contribution in [0.3, 0.4) is 0 Å². The van der Waals surface area contributed by atoms with Gasteiger partial charge >= 0.3 is 18.0 Å². The van der Waals surface area contributed by atoms with Gasteiger partial charge < -0.3 is 14.2 Å². The molecule has 0 aliphatic carbocycles. The molecular weight excluding hydrogens is 548 g/mol. The van der Waals surface area contributed by atoms with Gasteiger partial charge in [0.05, 0.1) is 17.7 Å². The lowest BCUT2D eigenvalue weighted by Gasteiger charge is -2.52. The van der Waals surface area contributed by atoms with Crippen molar-refractivity contribution in [1.29, 1.82) is 0 Å². The molecule has 0 bridgehead atoms. The molecule has 0 aromatic heterocycles. The van der Waals surface area contributed by atoms with Crippen LogP contribution in [0.5, 0.6) is 0 Å². The fourth-order valence-electron chi connectivity index (χ4n) is 4.39. The quantitative estimate of drug-likeness (QED) is 0.260. The highest BCUT2D eigenvalue weighted by Gasteiger charge is 2.58. The molecule has 41 heavy (non-hydrogen) atoms. The largest absolute Gasteiger partial charge is 0.461 e. The van der Waals surface area contributed by atoms with Crippen LogP contribution in [0.15, 0.2) is 71.9 Å². The minimum atomic E-state index is -1.12. The molecule has 11 heteroatoms. The molecule has 216 valence electrons. The van der Waals surface area contributed by atoms with E-state index < -0.39 is 46.9 Å². The van der Waals surface area contributed by atoms with Gasteiger partial charge in [0.25, 0.3) is 5.91 Å². The maximum atomic E-state index is 13.7. The zero-order chi connectivity index (χ0) is 29.7. The van der Waals surface area contributed by atoms with Gasteiger partial charge in [-0.1, -0.05) is 48.5 Å². The SMILES string of the molecule is CC(=O)OCC1=C(COC(=O)c2ccccc2)N2C(=O)[C@@H](N(C(=O)Cc3ccccc3)C(=O)OC(C)(C)C)[C@H]2SC1. The van der Waals surface area contributed by atoms with Crippen molar-refractivity contribution in [1.82, 2.24) is 9.80 Å². The average Bonchev–Trinajstić information content (AvgIpc) is 2.92. The Bertz CT molecular complexity index is 1350. The predicted molar refractivity (Wildman–Crippen MR) is 150 cm³/mol. The molecule has 0 radical (unpaired) electrons. The standard InChI is InChI=1S/C30H32N2O8S/c1-19(33)38-16-22-18-41-27-25(26(35)31(27)23(22)17-39-28(36)21-13-9-6-10-14-21)32(29(37)40-30(2,3)4)24(34)15-20-11-7-5-8-12-20/h5-14,25,27H,15-18H2,1-4H3/t25-,27-/m1/s1. The second-order valence-corrected chi connectivity index (χ2v) is 11.6. The van der Waals surface area contributed by atoms with Crippen molar-refractivity contribution >= 4 is 41.6 Å². The Morgan fingerprint density at radius 3 is 2.20 bits per heavy atom. The normalized spacial score (nSPS) is 18.1. The van der Waals surface area contributed by atoms with Crippen LogP contribution in [0.1, 0.15) is 43.6 Å². The second-order valence-electron chi connectivity index (χ2n) is 10.5. The summed E-state index contributed by atoms with van der Waals surface area (Å²) in [6.07, 6.45) is -1.01. The number of carbonyl (C=O) groups excluding carboxylic acids is 5. The maximum absolute atomic E-state index is 13.7. The zero-order valence-electron chi connectivity index (χ0n) is 23.3. The lowest BCUT2D eigenvalue weighted by Crippen LogP contribution is -2.72. The lowest BCUT2D eigenvalue weighted by molar-refractivity contribution is -0.156. The van der Waals surface area contributed by atoms with Crippen molar-refractivity contribution in [2.45, 2.75) is 51.1 Å². The van der Waals surface area contributed by atoms with Crippen LogP contribution < -0.4 is 0 Å². The van der Waals surface area contributed by atoms with Gasteiger partial charge in [-0.05, 0) is 38.5 Å². The Morgan fingerprint density at radius 2 is 1.59 bits per heavy atom. The number of esters is 2. The van der Waals surface area contributed by atoms with Crippen LogP contribution in [0.4, 0.5) is 4.79 Å². The van der Waals surface area contributed by atoms with E-state index in [0.717, 1.165) is 4.90 Å². The van der Waals surface area contributed by atoms with Gasteiger partial charge in [0.1, 0.15) is 24.2 Å². The molecule has 3 amide bonds. The molecule has 2 aromatic carbocycles. The number of benzene rings is 2. The monoisotopic (exact) mass is 580 g/mol. The average molecular weight is 581 g/mol. The first-order valence-corrected chi connectivity index (χ1v) is 14.1. The van der Waals surface area contributed by atoms with E-state index in [-0.39, 0.29) is 19.6 Å². The molecule has 0 unspecified atom stereocenters. The first-order valence-electron chi connectivity index (χ1n) is 13.1. The number of rotatable bonds is 8. The summed E-state index contributed by atoms with van der Waals surface area (Å²) in [5, 5.41) is -0.638. The summed E-state index contributed by atoms with van der Waals surface area (Å²) in [7, 11) is 0. The molecule has 2 heterocycles. The van der Waals surface area contributed by atoms with E-state index in [1.807, 2.05) is 6.07 Å². The van der Waals surface area contributed by atoms with E-state index in [1.165, 1.54) is 23.6 Å². The predicted octanol–water partition coefficient (Wildman–Crippen LogP) is 3.95. The van der Waals surface area contributed by atoms with Crippen molar-refractivity contribution in [3.05, 3.63) is 83.1 Å². The highest BCUT2D eigenvalue weighted by molar-refractivity contribution is 8.00. The van der Waals surface area contributed by atoms with Crippen LogP contribution in [0, 0.1) is 0 Å². The molecular formula is C30H32N2O8S. The van der Waals surface area contributed by atoms with Crippen molar-refractivity contribution in [3.63, 3.8) is 0 Å². The molecule has 0 N–H and O–H groups in total. The van der Waals surface area contributed by atoms with Crippen molar-refractivity contribution in [3.8, 4) is 0 Å².